The van der Waals surface area contributed by atoms with Crippen molar-refractivity contribution in [3.63, 3.8) is 0 Å². The number of nitrogens with two attached hydrogens (primary N) is 1. The molecule has 0 saturated heterocycles. The fraction of sp³-hybridized carbons (Fsp3) is 0.545. The first-order valence-corrected chi connectivity index (χ1v) is 4.88. The van der Waals surface area contributed by atoms with E-state index in [0.717, 1.165) is 30.7 Å². The van der Waals surface area contributed by atoms with Crippen LogP contribution in [-0.4, -0.2) is 6.21 Å². The molecular weight excluding hydrogens is 160 g/mol. The highest BCUT2D eigenvalue weighted by Gasteiger charge is 2.01. The van der Waals surface area contributed by atoms with Crippen LogP contribution in [0.3, 0.4) is 0 Å². The van der Waals surface area contributed by atoms with Gasteiger partial charge < -0.3 is 5.73 Å². The minimum Gasteiger partial charge on any atom is -0.400 e. The van der Waals surface area contributed by atoms with Crippen molar-refractivity contribution in [1.29, 1.82) is 0 Å². The van der Waals surface area contributed by atoms with Crippen molar-refractivity contribution in [1.82, 2.24) is 0 Å². The zero-order valence-corrected chi connectivity index (χ0v) is 8.46. The van der Waals surface area contributed by atoms with Crippen LogP contribution in [-0.2, 0) is 0 Å². The molecule has 72 valence electrons. The maximum atomic E-state index is 5.81. The summed E-state index contributed by atoms with van der Waals surface area (Å²) in [5, 5.41) is 0. The van der Waals surface area contributed by atoms with Gasteiger partial charge in [-0.05, 0) is 31.3 Å². The molecule has 0 heterocycles. The lowest BCUT2D eigenvalue weighted by molar-refractivity contribution is 0.690. The number of allylic oxidation sites excluding steroid dienone is 3. The zero-order valence-electron chi connectivity index (χ0n) is 8.46. The van der Waals surface area contributed by atoms with Gasteiger partial charge in [-0.1, -0.05) is 19.9 Å². The van der Waals surface area contributed by atoms with Crippen molar-refractivity contribution in [2.75, 3.05) is 0 Å². The Hall–Kier alpha value is -1.05. The molecule has 0 atom stereocenters. The third-order valence-corrected chi connectivity index (χ3v) is 1.99. The van der Waals surface area contributed by atoms with Gasteiger partial charge in [0.15, 0.2) is 0 Å². The quantitative estimate of drug-likeness (QED) is 0.663. The van der Waals surface area contributed by atoms with Gasteiger partial charge in [0, 0.05) is 11.9 Å². The van der Waals surface area contributed by atoms with Crippen LogP contribution in [0.4, 0.5) is 0 Å². The summed E-state index contributed by atoms with van der Waals surface area (Å²) in [6, 6.07) is 0. The van der Waals surface area contributed by atoms with Crippen LogP contribution in [0, 0.1) is 5.92 Å². The van der Waals surface area contributed by atoms with E-state index in [-0.39, 0.29) is 0 Å². The maximum Gasteiger partial charge on any atom is 0.0809 e. The van der Waals surface area contributed by atoms with Crippen LogP contribution < -0.4 is 5.73 Å². The number of rotatable bonds is 3. The van der Waals surface area contributed by atoms with Gasteiger partial charge in [-0.15, -0.1) is 0 Å². The molecule has 2 heteroatoms. The van der Waals surface area contributed by atoms with E-state index in [1.54, 1.807) is 0 Å². The summed E-state index contributed by atoms with van der Waals surface area (Å²) >= 11 is 0. The molecule has 1 aliphatic rings. The molecule has 2 N–H and O–H groups in total. The molecule has 13 heavy (non-hydrogen) atoms. The molecule has 0 spiro atoms. The molecule has 0 saturated carbocycles. The number of aliphatic imine (C=N–C) groups is 1. The fourth-order valence-corrected chi connectivity index (χ4v) is 1.16. The predicted molar refractivity (Wildman–Crippen MR) is 57.5 cm³/mol. The third-order valence-electron chi connectivity index (χ3n) is 1.99. The van der Waals surface area contributed by atoms with E-state index in [9.17, 15) is 0 Å². The molecule has 0 unspecified atom stereocenters. The highest BCUT2D eigenvalue weighted by Crippen LogP contribution is 2.15. The maximum absolute atomic E-state index is 5.81. The summed E-state index contributed by atoms with van der Waals surface area (Å²) in [6.07, 6.45) is 9.11. The first-order chi connectivity index (χ1) is 6.20. The fourth-order valence-electron chi connectivity index (χ4n) is 1.16. The van der Waals surface area contributed by atoms with E-state index < -0.39 is 0 Å². The van der Waals surface area contributed by atoms with Gasteiger partial charge in [-0.2, -0.15) is 0 Å². The molecule has 2 nitrogen and oxygen atoms in total. The molecule has 0 aromatic heterocycles. The molecule has 0 fully saturated rings. The van der Waals surface area contributed by atoms with Crippen molar-refractivity contribution in [2.45, 2.75) is 33.1 Å². The molecule has 1 rings (SSSR count). The van der Waals surface area contributed by atoms with Crippen molar-refractivity contribution < 1.29 is 0 Å². The smallest absolute Gasteiger partial charge is 0.0809 e. The Kier molecular flexibility index (Phi) is 3.74. The largest absolute Gasteiger partial charge is 0.400 e. The monoisotopic (exact) mass is 178 g/mol. The van der Waals surface area contributed by atoms with Gasteiger partial charge in [0.05, 0.1) is 5.70 Å². The molecule has 0 radical (unpaired) electrons. The lowest BCUT2D eigenvalue weighted by Crippen LogP contribution is -2.03. The predicted octanol–water partition coefficient (Wildman–Crippen LogP) is 2.62. The highest BCUT2D eigenvalue weighted by atomic mass is 14.8. The normalized spacial score (nSPS) is 17.8. The molecule has 1 aliphatic carbocycles. The highest BCUT2D eigenvalue weighted by molar-refractivity contribution is 5.60. The summed E-state index contributed by atoms with van der Waals surface area (Å²) in [4.78, 5) is 4.35. The van der Waals surface area contributed by atoms with Gasteiger partial charge in [0.1, 0.15) is 0 Å². The van der Waals surface area contributed by atoms with Crippen LogP contribution in [0.25, 0.3) is 0 Å². The lowest BCUT2D eigenvalue weighted by atomic mass is 10.1. The van der Waals surface area contributed by atoms with E-state index in [1.807, 2.05) is 12.3 Å². The number of hydrogen-bond acceptors (Lipinski definition) is 2. The van der Waals surface area contributed by atoms with E-state index in [4.69, 9.17) is 5.73 Å². The van der Waals surface area contributed by atoms with Crippen molar-refractivity contribution in [3.8, 4) is 0 Å². The Balaban J connectivity index is 2.52. The first kappa shape index (κ1) is 10.0. The topological polar surface area (TPSA) is 38.4 Å². The van der Waals surface area contributed by atoms with Gasteiger partial charge in [0.25, 0.3) is 0 Å². The molecule has 0 aromatic carbocycles. The second-order valence-electron chi connectivity index (χ2n) is 3.79. The molecule has 0 aliphatic heterocycles. The van der Waals surface area contributed by atoms with Gasteiger partial charge in [-0.25, -0.2) is 0 Å². The Morgan fingerprint density at radius 3 is 3.00 bits per heavy atom. The summed E-state index contributed by atoms with van der Waals surface area (Å²) in [5.74, 6) is 0.665. The summed E-state index contributed by atoms with van der Waals surface area (Å²) < 4.78 is 0. The minimum absolute atomic E-state index is 0.665. The van der Waals surface area contributed by atoms with E-state index in [1.165, 1.54) is 0 Å². The van der Waals surface area contributed by atoms with E-state index >= 15 is 0 Å². The van der Waals surface area contributed by atoms with Crippen LogP contribution in [0.2, 0.25) is 0 Å². The Morgan fingerprint density at radius 1 is 1.62 bits per heavy atom. The average molecular weight is 178 g/mol. The Labute approximate surface area is 80.2 Å². The second kappa shape index (κ2) is 4.85. The summed E-state index contributed by atoms with van der Waals surface area (Å²) in [5.41, 5.74) is 7.68. The van der Waals surface area contributed by atoms with Gasteiger partial charge in [0.2, 0.25) is 0 Å². The van der Waals surface area contributed by atoms with E-state index in [2.05, 4.69) is 24.9 Å². The Bertz CT molecular complexity index is 247. The lowest BCUT2D eigenvalue weighted by Gasteiger charge is -2.07. The van der Waals surface area contributed by atoms with Crippen molar-refractivity contribution >= 4 is 6.21 Å². The van der Waals surface area contributed by atoms with Crippen LogP contribution in [0.15, 0.2) is 28.5 Å². The second-order valence-corrected chi connectivity index (χ2v) is 3.79. The summed E-state index contributed by atoms with van der Waals surface area (Å²) in [6.45, 7) is 4.36. The van der Waals surface area contributed by atoms with Crippen LogP contribution in [0.1, 0.15) is 33.1 Å². The SMILES string of the molecule is CC(C)CC=NC1=C(N)CCC=C1. The first-order valence-electron chi connectivity index (χ1n) is 4.88. The zero-order chi connectivity index (χ0) is 9.68. The third kappa shape index (κ3) is 3.45. The molecule has 0 amide bonds. The van der Waals surface area contributed by atoms with Crippen molar-refractivity contribution in [2.24, 2.45) is 16.6 Å². The molecule has 0 aromatic rings. The van der Waals surface area contributed by atoms with Crippen LogP contribution in [0.5, 0.6) is 0 Å². The molecular formula is C11H18N2. The van der Waals surface area contributed by atoms with Crippen molar-refractivity contribution in [3.05, 3.63) is 23.5 Å². The number of nitrogens with zero attached hydrogens (tertiary/aromatic N) is 1. The van der Waals surface area contributed by atoms with Crippen LogP contribution >= 0.6 is 0 Å². The standard InChI is InChI=1S/C11H18N2/c1-9(2)7-8-13-11-6-4-3-5-10(11)12/h4,6,8-9H,3,5,7,12H2,1-2H3. The Morgan fingerprint density at radius 2 is 2.38 bits per heavy atom. The minimum atomic E-state index is 0.665. The molecule has 0 bridgehead atoms. The summed E-state index contributed by atoms with van der Waals surface area (Å²) in [7, 11) is 0. The average Bonchev–Trinajstić information content (AvgIpc) is 2.08. The van der Waals surface area contributed by atoms with E-state index in [0.29, 0.717) is 5.92 Å². The van der Waals surface area contributed by atoms with Gasteiger partial charge in [-0.3, -0.25) is 4.99 Å². The number of hydrogen-bond donors (Lipinski definition) is 1. The van der Waals surface area contributed by atoms with Gasteiger partial charge >= 0.3 is 0 Å².